The van der Waals surface area contributed by atoms with Crippen LogP contribution in [0.5, 0.6) is 11.5 Å². The minimum absolute atomic E-state index is 0.315. The first-order chi connectivity index (χ1) is 11.0. The molecule has 124 valence electrons. The highest BCUT2D eigenvalue weighted by Gasteiger charge is 2.36. The first kappa shape index (κ1) is 16.7. The zero-order valence-corrected chi connectivity index (χ0v) is 13.8. The van der Waals surface area contributed by atoms with Gasteiger partial charge in [0.15, 0.2) is 11.5 Å². The van der Waals surface area contributed by atoms with Crippen molar-refractivity contribution in [2.45, 2.75) is 13.0 Å². The van der Waals surface area contributed by atoms with Crippen molar-refractivity contribution in [3.63, 3.8) is 0 Å². The SMILES string of the molecule is COC(=O)C1=C(C)N(C)C(=O)N[C@H]1c1cccc(OC)c1OC. The number of benzene rings is 1. The largest absolute Gasteiger partial charge is 0.493 e. The lowest BCUT2D eigenvalue weighted by Gasteiger charge is -2.33. The lowest BCUT2D eigenvalue weighted by molar-refractivity contribution is -0.136. The first-order valence-electron chi connectivity index (χ1n) is 7.00. The number of hydrogen-bond acceptors (Lipinski definition) is 5. The van der Waals surface area contributed by atoms with Crippen molar-refractivity contribution in [3.8, 4) is 11.5 Å². The van der Waals surface area contributed by atoms with E-state index in [1.807, 2.05) is 0 Å². The molecule has 0 spiro atoms. The average molecular weight is 320 g/mol. The summed E-state index contributed by atoms with van der Waals surface area (Å²) in [5, 5.41) is 2.80. The topological polar surface area (TPSA) is 77.1 Å². The summed E-state index contributed by atoms with van der Waals surface area (Å²) in [5.41, 5.74) is 1.49. The van der Waals surface area contributed by atoms with Gasteiger partial charge in [0.1, 0.15) is 0 Å². The number of ether oxygens (including phenoxy) is 3. The number of hydrogen-bond donors (Lipinski definition) is 1. The minimum Gasteiger partial charge on any atom is -0.493 e. The van der Waals surface area contributed by atoms with Gasteiger partial charge in [-0.25, -0.2) is 9.59 Å². The Morgan fingerprint density at radius 3 is 2.48 bits per heavy atom. The van der Waals surface area contributed by atoms with E-state index < -0.39 is 12.0 Å². The van der Waals surface area contributed by atoms with Gasteiger partial charge in [-0.05, 0) is 13.0 Å². The molecule has 0 aromatic heterocycles. The van der Waals surface area contributed by atoms with Crippen molar-refractivity contribution in [1.82, 2.24) is 10.2 Å². The van der Waals surface area contributed by atoms with Crippen LogP contribution in [0.15, 0.2) is 29.5 Å². The fraction of sp³-hybridized carbons (Fsp3) is 0.375. The fourth-order valence-electron chi connectivity index (χ4n) is 2.58. The number of esters is 1. The van der Waals surface area contributed by atoms with Crippen LogP contribution in [-0.4, -0.2) is 45.3 Å². The summed E-state index contributed by atoms with van der Waals surface area (Å²) in [4.78, 5) is 25.8. The predicted octanol–water partition coefficient (Wildman–Crippen LogP) is 1.85. The molecule has 0 radical (unpaired) electrons. The number of amides is 2. The molecule has 1 heterocycles. The van der Waals surface area contributed by atoms with E-state index in [1.165, 1.54) is 26.2 Å². The van der Waals surface area contributed by atoms with Crippen LogP contribution in [0.25, 0.3) is 0 Å². The molecule has 1 aliphatic rings. The van der Waals surface area contributed by atoms with Gasteiger partial charge in [0.2, 0.25) is 0 Å². The Kier molecular flexibility index (Phi) is 4.78. The summed E-state index contributed by atoms with van der Waals surface area (Å²) in [6, 6.07) is 4.29. The molecule has 0 saturated heterocycles. The van der Waals surface area contributed by atoms with Crippen molar-refractivity contribution < 1.29 is 23.8 Å². The van der Waals surface area contributed by atoms with Crippen LogP contribution in [0.4, 0.5) is 4.79 Å². The second-order valence-corrected chi connectivity index (χ2v) is 5.01. The van der Waals surface area contributed by atoms with Gasteiger partial charge in [-0.15, -0.1) is 0 Å². The van der Waals surface area contributed by atoms with Gasteiger partial charge >= 0.3 is 12.0 Å². The Morgan fingerprint density at radius 1 is 1.22 bits per heavy atom. The Bertz CT molecular complexity index is 668. The lowest BCUT2D eigenvalue weighted by atomic mass is 9.94. The monoisotopic (exact) mass is 320 g/mol. The van der Waals surface area contributed by atoms with Gasteiger partial charge < -0.3 is 24.4 Å². The standard InChI is InChI=1S/C16H20N2O5/c1-9-12(15(19)23-5)13(17-16(20)18(9)2)10-7-6-8-11(21-3)14(10)22-4/h6-8,13H,1-5H3,(H,17,20)/t13-/m0/s1. The molecule has 0 saturated carbocycles. The summed E-state index contributed by atoms with van der Waals surface area (Å²) >= 11 is 0. The molecule has 1 N–H and O–H groups in total. The molecule has 2 rings (SSSR count). The molecule has 7 nitrogen and oxygen atoms in total. The Hall–Kier alpha value is -2.70. The molecular formula is C16H20N2O5. The van der Waals surface area contributed by atoms with Crippen molar-refractivity contribution in [3.05, 3.63) is 35.0 Å². The lowest BCUT2D eigenvalue weighted by Crippen LogP contribution is -2.46. The highest BCUT2D eigenvalue weighted by Crippen LogP contribution is 2.39. The van der Waals surface area contributed by atoms with E-state index in [0.717, 1.165) is 0 Å². The van der Waals surface area contributed by atoms with Crippen LogP contribution in [0.3, 0.4) is 0 Å². The highest BCUT2D eigenvalue weighted by molar-refractivity contribution is 5.95. The van der Waals surface area contributed by atoms with E-state index in [2.05, 4.69) is 5.32 Å². The molecule has 1 aliphatic heterocycles. The number of carbonyl (C=O) groups excluding carboxylic acids is 2. The van der Waals surface area contributed by atoms with Gasteiger partial charge in [0.25, 0.3) is 0 Å². The number of methoxy groups -OCH3 is 3. The zero-order valence-electron chi connectivity index (χ0n) is 13.8. The third-order valence-electron chi connectivity index (χ3n) is 3.90. The number of rotatable bonds is 4. The van der Waals surface area contributed by atoms with E-state index in [-0.39, 0.29) is 6.03 Å². The summed E-state index contributed by atoms with van der Waals surface area (Å²) in [6.07, 6.45) is 0. The van der Waals surface area contributed by atoms with Crippen molar-refractivity contribution in [2.75, 3.05) is 28.4 Å². The maximum absolute atomic E-state index is 12.2. The fourth-order valence-corrected chi connectivity index (χ4v) is 2.58. The molecule has 0 unspecified atom stereocenters. The quantitative estimate of drug-likeness (QED) is 0.857. The van der Waals surface area contributed by atoms with Gasteiger partial charge in [0.05, 0.1) is 32.9 Å². The van der Waals surface area contributed by atoms with E-state index >= 15 is 0 Å². The highest BCUT2D eigenvalue weighted by atomic mass is 16.5. The molecule has 0 bridgehead atoms. The maximum atomic E-state index is 12.2. The molecular weight excluding hydrogens is 300 g/mol. The number of para-hydroxylation sites is 1. The van der Waals surface area contributed by atoms with Crippen molar-refractivity contribution in [2.24, 2.45) is 0 Å². The summed E-state index contributed by atoms with van der Waals surface area (Å²) < 4.78 is 15.6. The minimum atomic E-state index is -0.684. The van der Waals surface area contributed by atoms with E-state index in [0.29, 0.717) is 28.3 Å². The Morgan fingerprint density at radius 2 is 1.91 bits per heavy atom. The Balaban J connectivity index is 2.65. The summed E-state index contributed by atoms with van der Waals surface area (Å²) in [5.74, 6) is 0.461. The molecule has 1 atom stereocenters. The second kappa shape index (κ2) is 6.60. The first-order valence-corrected chi connectivity index (χ1v) is 7.00. The number of carbonyl (C=O) groups is 2. The van der Waals surface area contributed by atoms with E-state index in [1.54, 1.807) is 32.2 Å². The number of urea groups is 1. The second-order valence-electron chi connectivity index (χ2n) is 5.01. The molecule has 0 aliphatic carbocycles. The third-order valence-corrected chi connectivity index (χ3v) is 3.90. The van der Waals surface area contributed by atoms with Crippen LogP contribution in [-0.2, 0) is 9.53 Å². The third kappa shape index (κ3) is 2.81. The maximum Gasteiger partial charge on any atom is 0.337 e. The van der Waals surface area contributed by atoms with Crippen LogP contribution in [0.1, 0.15) is 18.5 Å². The van der Waals surface area contributed by atoms with Gasteiger partial charge in [-0.3, -0.25) is 0 Å². The molecule has 0 fully saturated rings. The van der Waals surface area contributed by atoms with Gasteiger partial charge in [0, 0.05) is 18.3 Å². The molecule has 1 aromatic rings. The summed E-state index contributed by atoms with van der Waals surface area (Å²) in [6.45, 7) is 1.70. The normalized spacial score (nSPS) is 17.7. The number of nitrogens with one attached hydrogen (secondary N) is 1. The van der Waals surface area contributed by atoms with Crippen molar-refractivity contribution >= 4 is 12.0 Å². The summed E-state index contributed by atoms with van der Waals surface area (Å²) in [7, 11) is 5.93. The Labute approximate surface area is 134 Å². The average Bonchev–Trinajstić information content (AvgIpc) is 2.57. The van der Waals surface area contributed by atoms with E-state index in [9.17, 15) is 9.59 Å². The van der Waals surface area contributed by atoms with Crippen LogP contribution >= 0.6 is 0 Å². The van der Waals surface area contributed by atoms with Gasteiger partial charge in [-0.1, -0.05) is 12.1 Å². The van der Waals surface area contributed by atoms with Crippen LogP contribution < -0.4 is 14.8 Å². The molecule has 7 heteroatoms. The van der Waals surface area contributed by atoms with Gasteiger partial charge in [-0.2, -0.15) is 0 Å². The predicted molar refractivity (Wildman–Crippen MR) is 83.3 cm³/mol. The van der Waals surface area contributed by atoms with E-state index in [4.69, 9.17) is 14.2 Å². The van der Waals surface area contributed by atoms with Crippen molar-refractivity contribution in [1.29, 1.82) is 0 Å². The van der Waals surface area contributed by atoms with Crippen LogP contribution in [0.2, 0.25) is 0 Å². The zero-order chi connectivity index (χ0) is 17.1. The van der Waals surface area contributed by atoms with Crippen LogP contribution in [0, 0.1) is 0 Å². The molecule has 1 aromatic carbocycles. The number of nitrogens with zero attached hydrogens (tertiary/aromatic N) is 1. The smallest absolute Gasteiger partial charge is 0.337 e. The number of allylic oxidation sites excluding steroid dienone is 1. The molecule has 2 amide bonds. The molecule has 23 heavy (non-hydrogen) atoms.